The van der Waals surface area contributed by atoms with E-state index >= 15 is 0 Å². The van der Waals surface area contributed by atoms with Gasteiger partial charge in [-0.25, -0.2) is 0 Å². The molecular weight excluding hydrogens is 372 g/mol. The molecule has 1 N–H and O–H groups in total. The molecule has 0 radical (unpaired) electrons. The Morgan fingerprint density at radius 1 is 1.07 bits per heavy atom. The smallest absolute Gasteiger partial charge is 0.255 e. The van der Waals surface area contributed by atoms with Gasteiger partial charge in [0.25, 0.3) is 5.91 Å². The fraction of sp³-hybridized carbons (Fsp3) is 0.0455. The molecule has 4 aromatic rings. The largest absolute Gasteiger partial charge is 0.497 e. The van der Waals surface area contributed by atoms with Crippen molar-refractivity contribution in [2.24, 2.45) is 0 Å². The van der Waals surface area contributed by atoms with Gasteiger partial charge >= 0.3 is 0 Å². The lowest BCUT2D eigenvalue weighted by Crippen LogP contribution is -2.11. The second-order valence-electron chi connectivity index (χ2n) is 6.11. The zero-order chi connectivity index (χ0) is 20.2. The van der Waals surface area contributed by atoms with Crippen LogP contribution in [0.25, 0.3) is 11.0 Å². The minimum Gasteiger partial charge on any atom is -0.497 e. The molecule has 144 valence electrons. The second-order valence-corrected chi connectivity index (χ2v) is 6.11. The van der Waals surface area contributed by atoms with Crippen molar-refractivity contribution in [3.05, 3.63) is 89.0 Å². The van der Waals surface area contributed by atoms with Crippen LogP contribution < -0.4 is 20.2 Å². The average molecular weight is 388 g/mol. The highest BCUT2D eigenvalue weighted by Crippen LogP contribution is 2.24. The van der Waals surface area contributed by atoms with Gasteiger partial charge in [-0.05, 0) is 48.5 Å². The Balaban J connectivity index is 1.52. The van der Waals surface area contributed by atoms with Gasteiger partial charge in [0.05, 0.1) is 24.4 Å². The van der Waals surface area contributed by atoms with E-state index in [1.165, 1.54) is 13.4 Å². The summed E-state index contributed by atoms with van der Waals surface area (Å²) in [4.78, 5) is 28.8. The Morgan fingerprint density at radius 3 is 2.59 bits per heavy atom. The van der Waals surface area contributed by atoms with Gasteiger partial charge in [0.1, 0.15) is 23.3 Å². The molecule has 29 heavy (non-hydrogen) atoms. The molecule has 0 saturated carbocycles. The number of amides is 1. The van der Waals surface area contributed by atoms with Gasteiger partial charge in [-0.3, -0.25) is 14.6 Å². The Hall–Kier alpha value is -4.13. The summed E-state index contributed by atoms with van der Waals surface area (Å²) in [5.74, 6) is 0.775. The standard InChI is InChI=1S/C22H16N2O5/c1-27-17-8-9-18-19(11-17)28-13-20(21(18)25)29-16-6-4-14(5-7-16)22(26)24-15-3-2-10-23-12-15/h2-13H,1H3,(H,24,26). The van der Waals surface area contributed by atoms with Gasteiger partial charge in [0.2, 0.25) is 11.2 Å². The number of methoxy groups -OCH3 is 1. The molecule has 2 aromatic carbocycles. The zero-order valence-electron chi connectivity index (χ0n) is 15.4. The van der Waals surface area contributed by atoms with Crippen LogP contribution in [-0.2, 0) is 0 Å². The van der Waals surface area contributed by atoms with E-state index < -0.39 is 0 Å². The fourth-order valence-corrected chi connectivity index (χ4v) is 2.73. The molecule has 0 saturated heterocycles. The maximum Gasteiger partial charge on any atom is 0.255 e. The number of rotatable bonds is 5. The first-order valence-electron chi connectivity index (χ1n) is 8.73. The quantitative estimate of drug-likeness (QED) is 0.550. The van der Waals surface area contributed by atoms with E-state index in [1.807, 2.05) is 0 Å². The van der Waals surface area contributed by atoms with Crippen molar-refractivity contribution in [1.82, 2.24) is 4.98 Å². The summed E-state index contributed by atoms with van der Waals surface area (Å²) in [6.07, 6.45) is 4.44. The molecule has 2 aromatic heterocycles. The number of anilines is 1. The molecule has 0 aliphatic rings. The average Bonchev–Trinajstić information content (AvgIpc) is 2.76. The third-order valence-electron chi connectivity index (χ3n) is 4.21. The number of ether oxygens (including phenoxy) is 2. The summed E-state index contributed by atoms with van der Waals surface area (Å²) in [5.41, 5.74) is 1.15. The Labute approximate surface area is 165 Å². The first-order chi connectivity index (χ1) is 14.1. The van der Waals surface area contributed by atoms with Gasteiger partial charge in [0, 0.05) is 17.8 Å². The fourth-order valence-electron chi connectivity index (χ4n) is 2.73. The molecule has 0 bridgehead atoms. The summed E-state index contributed by atoms with van der Waals surface area (Å²) in [6.45, 7) is 0. The molecule has 0 spiro atoms. The number of carbonyl (C=O) groups is 1. The van der Waals surface area contributed by atoms with Crippen molar-refractivity contribution in [2.45, 2.75) is 0 Å². The lowest BCUT2D eigenvalue weighted by Gasteiger charge is -2.08. The zero-order valence-corrected chi connectivity index (χ0v) is 15.4. The van der Waals surface area contributed by atoms with Crippen LogP contribution in [0.1, 0.15) is 10.4 Å². The topological polar surface area (TPSA) is 90.7 Å². The monoisotopic (exact) mass is 388 g/mol. The Kier molecular flexibility index (Phi) is 4.94. The van der Waals surface area contributed by atoms with E-state index in [9.17, 15) is 9.59 Å². The van der Waals surface area contributed by atoms with Crippen molar-refractivity contribution in [2.75, 3.05) is 12.4 Å². The maximum atomic E-state index is 12.6. The second kappa shape index (κ2) is 7.85. The van der Waals surface area contributed by atoms with E-state index in [0.717, 1.165) is 0 Å². The number of aromatic nitrogens is 1. The van der Waals surface area contributed by atoms with Gasteiger partial charge in [-0.15, -0.1) is 0 Å². The summed E-state index contributed by atoms with van der Waals surface area (Å²) < 4.78 is 16.3. The summed E-state index contributed by atoms with van der Waals surface area (Å²) in [5, 5.41) is 3.13. The number of nitrogens with zero attached hydrogens (tertiary/aromatic N) is 1. The third kappa shape index (κ3) is 3.93. The first kappa shape index (κ1) is 18.2. The number of pyridine rings is 1. The van der Waals surface area contributed by atoms with E-state index in [-0.39, 0.29) is 17.1 Å². The van der Waals surface area contributed by atoms with Crippen molar-refractivity contribution >= 4 is 22.6 Å². The summed E-state index contributed by atoms with van der Waals surface area (Å²) >= 11 is 0. The Bertz CT molecular complexity index is 1220. The van der Waals surface area contributed by atoms with E-state index in [0.29, 0.717) is 33.7 Å². The number of fused-ring (bicyclic) bond motifs is 1. The van der Waals surface area contributed by atoms with E-state index in [1.54, 1.807) is 67.0 Å². The minimum absolute atomic E-state index is 0.0511. The minimum atomic E-state index is -0.299. The van der Waals surface area contributed by atoms with Crippen molar-refractivity contribution in [3.63, 3.8) is 0 Å². The predicted molar refractivity (Wildman–Crippen MR) is 108 cm³/mol. The molecule has 7 heteroatoms. The predicted octanol–water partition coefficient (Wildman–Crippen LogP) is 4.24. The van der Waals surface area contributed by atoms with Crippen LogP contribution >= 0.6 is 0 Å². The lowest BCUT2D eigenvalue weighted by molar-refractivity contribution is 0.102. The SMILES string of the molecule is COc1ccc2c(=O)c(Oc3ccc(C(=O)Nc4cccnc4)cc3)coc2c1. The van der Waals surface area contributed by atoms with Gasteiger partial charge in [-0.1, -0.05) is 0 Å². The van der Waals surface area contributed by atoms with E-state index in [2.05, 4.69) is 10.3 Å². The number of hydrogen-bond donors (Lipinski definition) is 1. The highest BCUT2D eigenvalue weighted by molar-refractivity contribution is 6.04. The molecule has 7 nitrogen and oxygen atoms in total. The molecule has 0 atom stereocenters. The number of hydrogen-bond acceptors (Lipinski definition) is 6. The van der Waals surface area contributed by atoms with Crippen LogP contribution in [0, 0.1) is 0 Å². The highest BCUT2D eigenvalue weighted by atomic mass is 16.5. The molecule has 0 aliphatic heterocycles. The van der Waals surface area contributed by atoms with Crippen LogP contribution in [-0.4, -0.2) is 18.0 Å². The van der Waals surface area contributed by atoms with Crippen molar-refractivity contribution in [3.8, 4) is 17.2 Å². The maximum absolute atomic E-state index is 12.6. The highest BCUT2D eigenvalue weighted by Gasteiger charge is 2.11. The third-order valence-corrected chi connectivity index (χ3v) is 4.21. The van der Waals surface area contributed by atoms with Gasteiger partial charge < -0.3 is 19.2 Å². The summed E-state index contributed by atoms with van der Waals surface area (Å²) in [7, 11) is 1.54. The first-order valence-corrected chi connectivity index (χ1v) is 8.73. The molecule has 0 fully saturated rings. The Morgan fingerprint density at radius 2 is 1.86 bits per heavy atom. The normalized spacial score (nSPS) is 10.5. The molecule has 0 unspecified atom stereocenters. The number of carbonyl (C=O) groups excluding carboxylic acids is 1. The van der Waals surface area contributed by atoms with Crippen molar-refractivity contribution in [1.29, 1.82) is 0 Å². The van der Waals surface area contributed by atoms with Crippen LogP contribution in [0.15, 0.2) is 82.5 Å². The molecule has 2 heterocycles. The molecule has 1 amide bonds. The number of benzene rings is 2. The van der Waals surface area contributed by atoms with Crippen LogP contribution in [0.5, 0.6) is 17.2 Å². The van der Waals surface area contributed by atoms with Crippen LogP contribution in [0.4, 0.5) is 5.69 Å². The van der Waals surface area contributed by atoms with Crippen LogP contribution in [0.3, 0.4) is 0 Å². The number of nitrogens with one attached hydrogen (secondary N) is 1. The van der Waals surface area contributed by atoms with Crippen molar-refractivity contribution < 1.29 is 18.7 Å². The van der Waals surface area contributed by atoms with Gasteiger partial charge in [0.15, 0.2) is 0 Å². The lowest BCUT2D eigenvalue weighted by atomic mass is 10.2. The molecular formula is C22H16N2O5. The molecule has 0 aliphatic carbocycles. The molecule has 4 rings (SSSR count). The summed E-state index contributed by atoms with van der Waals surface area (Å²) in [6, 6.07) is 14.8. The van der Waals surface area contributed by atoms with E-state index in [4.69, 9.17) is 13.9 Å². The van der Waals surface area contributed by atoms with Gasteiger partial charge in [-0.2, -0.15) is 0 Å². The van der Waals surface area contributed by atoms with Crippen LogP contribution in [0.2, 0.25) is 0 Å².